The van der Waals surface area contributed by atoms with E-state index >= 15 is 0 Å². The highest BCUT2D eigenvalue weighted by molar-refractivity contribution is 5.22. The van der Waals surface area contributed by atoms with E-state index in [2.05, 4.69) is 5.32 Å². The first-order chi connectivity index (χ1) is 6.69. The molecule has 1 aromatic carbocycles. The summed E-state index contributed by atoms with van der Waals surface area (Å²) < 4.78 is 26.2. The summed E-state index contributed by atoms with van der Waals surface area (Å²) in [7, 11) is 1.75. The van der Waals surface area contributed by atoms with Crippen LogP contribution in [-0.4, -0.2) is 7.05 Å². The summed E-state index contributed by atoms with van der Waals surface area (Å²) in [6.07, 6.45) is 1.73. The highest BCUT2D eigenvalue weighted by Gasteiger charge is 2.13. The summed E-state index contributed by atoms with van der Waals surface area (Å²) in [6.45, 7) is 2.02. The third-order valence-corrected chi connectivity index (χ3v) is 2.26. The SMILES string of the molecule is CCCC(NC)c1cc(F)ccc1F. The van der Waals surface area contributed by atoms with Gasteiger partial charge in [-0.1, -0.05) is 13.3 Å². The molecule has 0 aliphatic heterocycles. The maximum atomic E-state index is 13.3. The molecule has 1 atom stereocenters. The van der Waals surface area contributed by atoms with Crippen molar-refractivity contribution in [1.29, 1.82) is 0 Å². The Bertz CT molecular complexity index is 299. The Kier molecular flexibility index (Phi) is 4.01. The van der Waals surface area contributed by atoms with Crippen molar-refractivity contribution in [3.63, 3.8) is 0 Å². The second-order valence-electron chi connectivity index (χ2n) is 3.30. The van der Waals surface area contributed by atoms with Crippen molar-refractivity contribution in [2.45, 2.75) is 25.8 Å². The van der Waals surface area contributed by atoms with Crippen LogP contribution in [0, 0.1) is 11.6 Å². The van der Waals surface area contributed by atoms with Crippen LogP contribution in [0.5, 0.6) is 0 Å². The van der Waals surface area contributed by atoms with E-state index in [1.54, 1.807) is 7.05 Å². The van der Waals surface area contributed by atoms with Gasteiger partial charge in [0.05, 0.1) is 0 Å². The normalized spacial score (nSPS) is 12.9. The molecule has 3 heteroatoms. The monoisotopic (exact) mass is 199 g/mol. The van der Waals surface area contributed by atoms with Gasteiger partial charge in [0.25, 0.3) is 0 Å². The standard InChI is InChI=1S/C11H15F2N/c1-3-4-11(14-2)9-7-8(12)5-6-10(9)13/h5-7,11,14H,3-4H2,1-2H3. The third kappa shape index (κ3) is 2.51. The molecule has 0 saturated heterocycles. The number of hydrogen-bond acceptors (Lipinski definition) is 1. The summed E-state index contributed by atoms with van der Waals surface area (Å²) in [5, 5.41) is 2.98. The van der Waals surface area contributed by atoms with Gasteiger partial charge in [0, 0.05) is 11.6 Å². The highest BCUT2D eigenvalue weighted by atomic mass is 19.1. The minimum atomic E-state index is -0.391. The highest BCUT2D eigenvalue weighted by Crippen LogP contribution is 2.21. The van der Waals surface area contributed by atoms with Crippen LogP contribution in [0.15, 0.2) is 18.2 Å². The lowest BCUT2D eigenvalue weighted by atomic mass is 10.0. The minimum absolute atomic E-state index is 0.101. The zero-order valence-corrected chi connectivity index (χ0v) is 8.48. The van der Waals surface area contributed by atoms with E-state index in [1.165, 1.54) is 12.1 Å². The fourth-order valence-corrected chi connectivity index (χ4v) is 1.53. The second kappa shape index (κ2) is 5.05. The van der Waals surface area contributed by atoms with Crippen LogP contribution >= 0.6 is 0 Å². The molecular formula is C11H15F2N. The number of rotatable bonds is 4. The van der Waals surface area contributed by atoms with Gasteiger partial charge >= 0.3 is 0 Å². The van der Waals surface area contributed by atoms with Crippen molar-refractivity contribution in [1.82, 2.24) is 5.32 Å². The fraction of sp³-hybridized carbons (Fsp3) is 0.455. The van der Waals surface area contributed by atoms with Gasteiger partial charge in [0.15, 0.2) is 0 Å². The first-order valence-electron chi connectivity index (χ1n) is 4.81. The van der Waals surface area contributed by atoms with E-state index in [0.717, 1.165) is 18.9 Å². The molecule has 0 fully saturated rings. The van der Waals surface area contributed by atoms with Crippen LogP contribution in [0.4, 0.5) is 8.78 Å². The lowest BCUT2D eigenvalue weighted by Crippen LogP contribution is -2.17. The number of halogens is 2. The molecule has 0 saturated carbocycles. The topological polar surface area (TPSA) is 12.0 Å². The Morgan fingerprint density at radius 3 is 2.64 bits per heavy atom. The third-order valence-electron chi connectivity index (χ3n) is 2.26. The first kappa shape index (κ1) is 11.1. The van der Waals surface area contributed by atoms with Gasteiger partial charge in [0.2, 0.25) is 0 Å². The number of hydrogen-bond donors (Lipinski definition) is 1. The van der Waals surface area contributed by atoms with Gasteiger partial charge in [-0.15, -0.1) is 0 Å². The molecular weight excluding hydrogens is 184 g/mol. The molecule has 0 aliphatic carbocycles. The predicted octanol–water partition coefficient (Wildman–Crippen LogP) is 3.03. The Morgan fingerprint density at radius 2 is 2.07 bits per heavy atom. The molecule has 0 aromatic heterocycles. The first-order valence-corrected chi connectivity index (χ1v) is 4.81. The summed E-state index contributed by atoms with van der Waals surface area (Å²) in [5.74, 6) is -0.739. The van der Waals surface area contributed by atoms with Gasteiger partial charge < -0.3 is 5.32 Å². The zero-order valence-electron chi connectivity index (χ0n) is 8.48. The predicted molar refractivity (Wildman–Crippen MR) is 53.1 cm³/mol. The maximum Gasteiger partial charge on any atom is 0.128 e. The van der Waals surface area contributed by atoms with E-state index < -0.39 is 5.82 Å². The van der Waals surface area contributed by atoms with E-state index in [9.17, 15) is 8.78 Å². The molecule has 0 amide bonds. The molecule has 0 spiro atoms. The minimum Gasteiger partial charge on any atom is -0.313 e. The Hall–Kier alpha value is -0.960. The van der Waals surface area contributed by atoms with Crippen LogP contribution < -0.4 is 5.32 Å². The molecule has 0 bridgehead atoms. The molecule has 1 unspecified atom stereocenters. The number of nitrogens with one attached hydrogen (secondary N) is 1. The molecule has 1 N–H and O–H groups in total. The molecule has 0 radical (unpaired) electrons. The summed E-state index contributed by atoms with van der Waals surface area (Å²) in [6, 6.07) is 3.46. The Morgan fingerprint density at radius 1 is 1.36 bits per heavy atom. The second-order valence-corrected chi connectivity index (χ2v) is 3.30. The van der Waals surface area contributed by atoms with Gasteiger partial charge in [0.1, 0.15) is 11.6 Å². The summed E-state index contributed by atoms with van der Waals surface area (Å²) in [5.41, 5.74) is 0.411. The molecule has 14 heavy (non-hydrogen) atoms. The lowest BCUT2D eigenvalue weighted by molar-refractivity contribution is 0.496. The van der Waals surface area contributed by atoms with Gasteiger partial charge in [-0.3, -0.25) is 0 Å². The molecule has 0 heterocycles. The van der Waals surface area contributed by atoms with Crippen molar-refractivity contribution in [2.24, 2.45) is 0 Å². The molecule has 78 valence electrons. The van der Waals surface area contributed by atoms with Crippen molar-refractivity contribution in [2.75, 3.05) is 7.05 Å². The smallest absolute Gasteiger partial charge is 0.128 e. The fourth-order valence-electron chi connectivity index (χ4n) is 1.53. The summed E-state index contributed by atoms with van der Waals surface area (Å²) in [4.78, 5) is 0. The quantitative estimate of drug-likeness (QED) is 0.786. The van der Waals surface area contributed by atoms with Crippen molar-refractivity contribution in [3.8, 4) is 0 Å². The molecule has 1 rings (SSSR count). The van der Waals surface area contributed by atoms with E-state index in [-0.39, 0.29) is 11.9 Å². The van der Waals surface area contributed by atoms with Crippen LogP contribution in [0.25, 0.3) is 0 Å². The molecule has 1 aromatic rings. The maximum absolute atomic E-state index is 13.3. The van der Waals surface area contributed by atoms with Crippen LogP contribution in [0.2, 0.25) is 0 Å². The largest absolute Gasteiger partial charge is 0.313 e. The van der Waals surface area contributed by atoms with Gasteiger partial charge in [-0.25, -0.2) is 8.78 Å². The van der Waals surface area contributed by atoms with Crippen molar-refractivity contribution >= 4 is 0 Å². The average molecular weight is 199 g/mol. The van der Waals surface area contributed by atoms with Crippen molar-refractivity contribution < 1.29 is 8.78 Å². The Labute approximate surface area is 83.1 Å². The summed E-state index contributed by atoms with van der Waals surface area (Å²) >= 11 is 0. The van der Waals surface area contributed by atoms with Gasteiger partial charge in [-0.05, 0) is 31.7 Å². The average Bonchev–Trinajstić information content (AvgIpc) is 2.18. The van der Waals surface area contributed by atoms with Crippen LogP contribution in [-0.2, 0) is 0 Å². The lowest BCUT2D eigenvalue weighted by Gasteiger charge is -2.16. The van der Waals surface area contributed by atoms with Crippen molar-refractivity contribution in [3.05, 3.63) is 35.4 Å². The van der Waals surface area contributed by atoms with Crippen LogP contribution in [0.3, 0.4) is 0 Å². The number of benzene rings is 1. The van der Waals surface area contributed by atoms with E-state index in [4.69, 9.17) is 0 Å². The van der Waals surface area contributed by atoms with E-state index in [1.807, 2.05) is 6.92 Å². The molecule has 0 aliphatic rings. The van der Waals surface area contributed by atoms with E-state index in [0.29, 0.717) is 5.56 Å². The van der Waals surface area contributed by atoms with Crippen LogP contribution in [0.1, 0.15) is 31.4 Å². The van der Waals surface area contributed by atoms with Gasteiger partial charge in [-0.2, -0.15) is 0 Å². The zero-order chi connectivity index (χ0) is 10.6. The Balaban J connectivity index is 2.96. The molecule has 1 nitrogen and oxygen atoms in total.